The molecule has 2 heterocycles. The van der Waals surface area contributed by atoms with Crippen LogP contribution in [0.3, 0.4) is 0 Å². The highest BCUT2D eigenvalue weighted by molar-refractivity contribution is 5.41. The molecule has 1 fully saturated rings. The third-order valence-corrected chi connectivity index (χ3v) is 4.63. The molecule has 1 spiro atoms. The Morgan fingerprint density at radius 2 is 2.11 bits per heavy atom. The molecular formula is C16H23NO2. The second-order valence-electron chi connectivity index (χ2n) is 5.98. The Hall–Kier alpha value is -1.06. The van der Waals surface area contributed by atoms with Gasteiger partial charge in [-0.3, -0.25) is 0 Å². The third kappa shape index (κ3) is 2.37. The van der Waals surface area contributed by atoms with Crippen molar-refractivity contribution in [2.75, 3.05) is 19.6 Å². The van der Waals surface area contributed by atoms with Crippen LogP contribution in [0, 0.1) is 6.92 Å². The number of aryl methyl sites for hydroxylation is 1. The Kier molecular flexibility index (Phi) is 3.27. The van der Waals surface area contributed by atoms with Crippen molar-refractivity contribution < 1.29 is 9.84 Å². The number of hydrogen-bond acceptors (Lipinski definition) is 3. The molecule has 2 aliphatic heterocycles. The molecule has 3 heteroatoms. The smallest absolute Gasteiger partial charge is 0.125 e. The van der Waals surface area contributed by atoms with E-state index in [1.807, 2.05) is 12.1 Å². The predicted molar refractivity (Wildman–Crippen MR) is 75.5 cm³/mol. The zero-order valence-corrected chi connectivity index (χ0v) is 11.9. The van der Waals surface area contributed by atoms with Crippen LogP contribution in [0.25, 0.3) is 0 Å². The van der Waals surface area contributed by atoms with Gasteiger partial charge in [0.25, 0.3) is 0 Å². The minimum Gasteiger partial charge on any atom is -0.487 e. The summed E-state index contributed by atoms with van der Waals surface area (Å²) in [5.74, 6) is 0.884. The summed E-state index contributed by atoms with van der Waals surface area (Å²) in [4.78, 5) is 2.45. The van der Waals surface area contributed by atoms with Crippen molar-refractivity contribution in [1.82, 2.24) is 4.90 Å². The number of aliphatic hydroxyl groups is 1. The molecule has 0 saturated carbocycles. The van der Waals surface area contributed by atoms with Crippen molar-refractivity contribution in [3.63, 3.8) is 0 Å². The van der Waals surface area contributed by atoms with E-state index in [4.69, 9.17) is 4.74 Å². The van der Waals surface area contributed by atoms with Crippen LogP contribution >= 0.6 is 0 Å². The standard InChI is InChI=1S/C16H23NO2/c1-3-17-8-6-16(7-9-17)11-14(18)13-10-12(2)4-5-15(13)19-16/h4-5,10,14,18H,3,6-9,11H2,1-2H3. The molecule has 1 aromatic rings. The van der Waals surface area contributed by atoms with E-state index >= 15 is 0 Å². The van der Waals surface area contributed by atoms with E-state index in [0.717, 1.165) is 50.2 Å². The van der Waals surface area contributed by atoms with Gasteiger partial charge >= 0.3 is 0 Å². The first-order valence-electron chi connectivity index (χ1n) is 7.32. The van der Waals surface area contributed by atoms with Gasteiger partial charge in [0, 0.05) is 25.1 Å². The van der Waals surface area contributed by atoms with E-state index in [0.29, 0.717) is 0 Å². The fraction of sp³-hybridized carbons (Fsp3) is 0.625. The summed E-state index contributed by atoms with van der Waals surface area (Å²) in [6.07, 6.45) is 2.40. The maximum Gasteiger partial charge on any atom is 0.125 e. The summed E-state index contributed by atoms with van der Waals surface area (Å²) in [6.45, 7) is 7.51. The first-order valence-corrected chi connectivity index (χ1v) is 7.32. The van der Waals surface area contributed by atoms with Crippen molar-refractivity contribution in [3.05, 3.63) is 29.3 Å². The number of ether oxygens (including phenoxy) is 1. The van der Waals surface area contributed by atoms with Crippen molar-refractivity contribution in [2.45, 2.75) is 44.8 Å². The fourth-order valence-corrected chi connectivity index (χ4v) is 3.34. The number of nitrogens with zero attached hydrogens (tertiary/aromatic N) is 1. The quantitative estimate of drug-likeness (QED) is 0.843. The molecular weight excluding hydrogens is 238 g/mol. The molecule has 1 atom stereocenters. The van der Waals surface area contributed by atoms with Gasteiger partial charge in [0.05, 0.1) is 6.10 Å². The zero-order chi connectivity index (χ0) is 13.5. The Bertz CT molecular complexity index is 464. The van der Waals surface area contributed by atoms with Gasteiger partial charge in [-0.2, -0.15) is 0 Å². The molecule has 3 nitrogen and oxygen atoms in total. The molecule has 1 N–H and O–H groups in total. The number of aliphatic hydroxyl groups excluding tert-OH is 1. The largest absolute Gasteiger partial charge is 0.487 e. The Labute approximate surface area is 115 Å². The lowest BCUT2D eigenvalue weighted by molar-refractivity contribution is -0.0531. The molecule has 0 aromatic heterocycles. The minimum atomic E-state index is -0.378. The van der Waals surface area contributed by atoms with Crippen LogP contribution in [-0.4, -0.2) is 35.2 Å². The molecule has 0 radical (unpaired) electrons. The lowest BCUT2D eigenvalue weighted by Gasteiger charge is -2.45. The maximum absolute atomic E-state index is 10.4. The van der Waals surface area contributed by atoms with Gasteiger partial charge in [0.1, 0.15) is 11.4 Å². The zero-order valence-electron chi connectivity index (χ0n) is 11.9. The summed E-state index contributed by atoms with van der Waals surface area (Å²) in [5.41, 5.74) is 1.99. The van der Waals surface area contributed by atoms with E-state index in [1.165, 1.54) is 5.56 Å². The lowest BCUT2D eigenvalue weighted by atomic mass is 9.81. The third-order valence-electron chi connectivity index (χ3n) is 4.63. The number of likely N-dealkylation sites (tertiary alicyclic amines) is 1. The van der Waals surface area contributed by atoms with Crippen LogP contribution < -0.4 is 4.74 Å². The van der Waals surface area contributed by atoms with E-state index < -0.39 is 0 Å². The van der Waals surface area contributed by atoms with Crippen molar-refractivity contribution >= 4 is 0 Å². The van der Waals surface area contributed by atoms with E-state index in [9.17, 15) is 5.11 Å². The first-order chi connectivity index (χ1) is 9.12. The average Bonchev–Trinajstić information content (AvgIpc) is 2.41. The Balaban J connectivity index is 1.83. The number of rotatable bonds is 1. The van der Waals surface area contributed by atoms with E-state index in [-0.39, 0.29) is 11.7 Å². The highest BCUT2D eigenvalue weighted by Crippen LogP contribution is 2.44. The van der Waals surface area contributed by atoms with Crippen molar-refractivity contribution in [2.24, 2.45) is 0 Å². The second-order valence-corrected chi connectivity index (χ2v) is 5.98. The normalized spacial score (nSPS) is 25.9. The summed E-state index contributed by atoms with van der Waals surface area (Å²) < 4.78 is 6.29. The van der Waals surface area contributed by atoms with Crippen LogP contribution in [0.15, 0.2) is 18.2 Å². The molecule has 1 saturated heterocycles. The molecule has 0 amide bonds. The highest BCUT2D eigenvalue weighted by atomic mass is 16.5. The number of fused-ring (bicyclic) bond motifs is 1. The second kappa shape index (κ2) is 4.80. The van der Waals surface area contributed by atoms with E-state index in [2.05, 4.69) is 24.8 Å². The highest BCUT2D eigenvalue weighted by Gasteiger charge is 2.42. The van der Waals surface area contributed by atoms with Crippen LogP contribution in [0.4, 0.5) is 0 Å². The number of hydrogen-bond donors (Lipinski definition) is 1. The van der Waals surface area contributed by atoms with Gasteiger partial charge < -0.3 is 14.7 Å². The van der Waals surface area contributed by atoms with Crippen LogP contribution in [0.5, 0.6) is 5.75 Å². The van der Waals surface area contributed by atoms with Crippen LogP contribution in [-0.2, 0) is 0 Å². The Morgan fingerprint density at radius 3 is 2.79 bits per heavy atom. The monoisotopic (exact) mass is 261 g/mol. The minimum absolute atomic E-state index is 0.145. The number of benzene rings is 1. The molecule has 1 aromatic carbocycles. The molecule has 104 valence electrons. The van der Waals surface area contributed by atoms with Gasteiger partial charge in [-0.05, 0) is 38.4 Å². The molecule has 0 bridgehead atoms. The molecule has 0 aliphatic carbocycles. The SMILES string of the molecule is CCN1CCC2(CC1)CC(O)c1cc(C)ccc1O2. The number of piperidine rings is 1. The molecule has 2 aliphatic rings. The molecule has 1 unspecified atom stereocenters. The van der Waals surface area contributed by atoms with Gasteiger partial charge in [-0.1, -0.05) is 18.6 Å². The lowest BCUT2D eigenvalue weighted by Crippen LogP contribution is -2.50. The van der Waals surface area contributed by atoms with Crippen LogP contribution in [0.2, 0.25) is 0 Å². The summed E-state index contributed by atoms with van der Waals surface area (Å²) in [5, 5.41) is 10.4. The Morgan fingerprint density at radius 1 is 1.37 bits per heavy atom. The van der Waals surface area contributed by atoms with Gasteiger partial charge in [-0.15, -0.1) is 0 Å². The average molecular weight is 261 g/mol. The van der Waals surface area contributed by atoms with Crippen molar-refractivity contribution in [1.29, 1.82) is 0 Å². The maximum atomic E-state index is 10.4. The summed E-state index contributed by atoms with van der Waals surface area (Å²) in [6, 6.07) is 6.13. The summed E-state index contributed by atoms with van der Waals surface area (Å²) in [7, 11) is 0. The predicted octanol–water partition coefficient (Wildman–Crippen LogP) is 2.67. The topological polar surface area (TPSA) is 32.7 Å². The first kappa shape index (κ1) is 12.9. The fourth-order valence-electron chi connectivity index (χ4n) is 3.34. The van der Waals surface area contributed by atoms with Gasteiger partial charge in [-0.25, -0.2) is 0 Å². The van der Waals surface area contributed by atoms with Gasteiger partial charge in [0.2, 0.25) is 0 Å². The summed E-state index contributed by atoms with van der Waals surface area (Å²) >= 11 is 0. The van der Waals surface area contributed by atoms with E-state index in [1.54, 1.807) is 0 Å². The van der Waals surface area contributed by atoms with Gasteiger partial charge in [0.15, 0.2) is 0 Å². The molecule has 19 heavy (non-hydrogen) atoms. The van der Waals surface area contributed by atoms with Crippen molar-refractivity contribution in [3.8, 4) is 5.75 Å². The molecule has 3 rings (SSSR count). The van der Waals surface area contributed by atoms with Crippen LogP contribution in [0.1, 0.15) is 43.4 Å².